The van der Waals surface area contributed by atoms with Gasteiger partial charge in [-0.3, -0.25) is 9.62 Å². The van der Waals surface area contributed by atoms with Crippen molar-refractivity contribution < 1.29 is 17.9 Å². The van der Waals surface area contributed by atoms with Crippen molar-refractivity contribution in [3.63, 3.8) is 0 Å². The number of cyclic esters (lactones) is 1. The van der Waals surface area contributed by atoms with Crippen molar-refractivity contribution in [3.05, 3.63) is 54.1 Å². The zero-order chi connectivity index (χ0) is 18.9. The Morgan fingerprint density at radius 1 is 1.00 bits per heavy atom. The van der Waals surface area contributed by atoms with Gasteiger partial charge in [-0.15, -0.1) is 0 Å². The van der Waals surface area contributed by atoms with Gasteiger partial charge in [0, 0.05) is 11.4 Å². The van der Waals surface area contributed by atoms with Crippen LogP contribution in [0.1, 0.15) is 26.3 Å². The Balaban J connectivity index is 1.76. The molecule has 2 aromatic rings. The first kappa shape index (κ1) is 18.3. The van der Waals surface area contributed by atoms with Crippen LogP contribution in [0.15, 0.2) is 53.4 Å². The molecule has 0 aliphatic carbocycles. The third kappa shape index (κ3) is 3.83. The number of carbonyl (C=O) groups is 1. The molecule has 0 spiro atoms. The summed E-state index contributed by atoms with van der Waals surface area (Å²) in [5.74, 6) is 0. The third-order valence-electron chi connectivity index (χ3n) is 4.22. The van der Waals surface area contributed by atoms with Crippen molar-refractivity contribution in [1.82, 2.24) is 0 Å². The number of amides is 1. The predicted octanol–water partition coefficient (Wildman–Crippen LogP) is 3.74. The van der Waals surface area contributed by atoms with E-state index in [-0.39, 0.29) is 10.3 Å². The number of nitrogens with zero attached hydrogens (tertiary/aromatic N) is 1. The van der Waals surface area contributed by atoms with Gasteiger partial charge in [0.15, 0.2) is 0 Å². The molecule has 1 saturated heterocycles. The predicted molar refractivity (Wildman–Crippen MR) is 101 cm³/mol. The quantitative estimate of drug-likeness (QED) is 0.884. The van der Waals surface area contributed by atoms with Crippen molar-refractivity contribution >= 4 is 27.5 Å². The largest absolute Gasteiger partial charge is 0.447 e. The summed E-state index contributed by atoms with van der Waals surface area (Å²) in [5, 5.41) is 0. The number of rotatable bonds is 4. The van der Waals surface area contributed by atoms with Crippen LogP contribution in [-0.2, 0) is 20.2 Å². The lowest BCUT2D eigenvalue weighted by Gasteiger charge is -2.19. The monoisotopic (exact) mass is 374 g/mol. The van der Waals surface area contributed by atoms with Crippen LogP contribution in [0, 0.1) is 0 Å². The van der Waals surface area contributed by atoms with Crippen LogP contribution in [0.2, 0.25) is 0 Å². The van der Waals surface area contributed by atoms with E-state index in [4.69, 9.17) is 4.74 Å². The van der Waals surface area contributed by atoms with Crippen LogP contribution in [-0.4, -0.2) is 27.7 Å². The van der Waals surface area contributed by atoms with Gasteiger partial charge in [0.1, 0.15) is 6.61 Å². The molecule has 26 heavy (non-hydrogen) atoms. The molecule has 0 atom stereocenters. The lowest BCUT2D eigenvalue weighted by molar-refractivity contribution is 0.181. The number of sulfonamides is 1. The van der Waals surface area contributed by atoms with Gasteiger partial charge < -0.3 is 4.74 Å². The standard InChI is InChI=1S/C19H22N2O4S/c1-19(2,3)14-4-6-15(7-5-14)20-26(23,24)17-10-8-16(9-11-17)21-12-13-25-18(21)22/h4-11,20H,12-13H2,1-3H3. The summed E-state index contributed by atoms with van der Waals surface area (Å²) in [7, 11) is -3.70. The topological polar surface area (TPSA) is 75.7 Å². The molecule has 3 rings (SSSR count). The van der Waals surface area contributed by atoms with E-state index < -0.39 is 16.1 Å². The number of anilines is 2. The average Bonchev–Trinajstić information content (AvgIpc) is 3.00. The Morgan fingerprint density at radius 2 is 1.62 bits per heavy atom. The number of hydrogen-bond donors (Lipinski definition) is 1. The molecular weight excluding hydrogens is 352 g/mol. The van der Waals surface area contributed by atoms with Crippen LogP contribution in [0.25, 0.3) is 0 Å². The van der Waals surface area contributed by atoms with Crippen LogP contribution < -0.4 is 9.62 Å². The summed E-state index contributed by atoms with van der Waals surface area (Å²) in [4.78, 5) is 13.2. The number of nitrogens with one attached hydrogen (secondary N) is 1. The average molecular weight is 374 g/mol. The highest BCUT2D eigenvalue weighted by Gasteiger charge is 2.24. The second-order valence-corrected chi connectivity index (χ2v) is 8.88. The Labute approximate surface area is 153 Å². The molecule has 0 saturated carbocycles. The molecule has 7 heteroatoms. The first-order valence-corrected chi connectivity index (χ1v) is 9.83. The van der Waals surface area contributed by atoms with Crippen LogP contribution in [0.4, 0.5) is 16.2 Å². The molecule has 1 aliphatic heterocycles. The van der Waals surface area contributed by atoms with Gasteiger partial charge in [-0.1, -0.05) is 32.9 Å². The Bertz CT molecular complexity index is 898. The summed E-state index contributed by atoms with van der Waals surface area (Å²) < 4.78 is 32.6. The second-order valence-electron chi connectivity index (χ2n) is 7.19. The van der Waals surface area contributed by atoms with E-state index >= 15 is 0 Å². The van der Waals surface area contributed by atoms with Crippen molar-refractivity contribution in [2.75, 3.05) is 22.8 Å². The zero-order valence-electron chi connectivity index (χ0n) is 15.0. The van der Waals surface area contributed by atoms with E-state index in [2.05, 4.69) is 25.5 Å². The molecule has 1 fully saturated rings. The molecule has 0 bridgehead atoms. The van der Waals surface area contributed by atoms with Gasteiger partial charge in [0.05, 0.1) is 11.4 Å². The summed E-state index contributed by atoms with van der Waals surface area (Å²) >= 11 is 0. The summed E-state index contributed by atoms with van der Waals surface area (Å²) in [6, 6.07) is 13.5. The van der Waals surface area contributed by atoms with Gasteiger partial charge in [-0.05, 0) is 47.4 Å². The van der Waals surface area contributed by atoms with E-state index in [1.807, 2.05) is 12.1 Å². The highest BCUT2D eigenvalue weighted by molar-refractivity contribution is 7.92. The first-order valence-electron chi connectivity index (χ1n) is 8.34. The Morgan fingerprint density at radius 3 is 2.12 bits per heavy atom. The molecule has 6 nitrogen and oxygen atoms in total. The Kier molecular flexibility index (Phi) is 4.66. The van der Waals surface area contributed by atoms with Crippen LogP contribution in [0.3, 0.4) is 0 Å². The van der Waals surface area contributed by atoms with E-state index in [0.29, 0.717) is 24.5 Å². The van der Waals surface area contributed by atoms with Gasteiger partial charge in [-0.2, -0.15) is 0 Å². The maximum absolute atomic E-state index is 12.6. The molecular formula is C19H22N2O4S. The number of ether oxygens (including phenoxy) is 1. The van der Waals surface area contributed by atoms with E-state index in [9.17, 15) is 13.2 Å². The van der Waals surface area contributed by atoms with Gasteiger partial charge in [0.25, 0.3) is 10.0 Å². The summed E-state index contributed by atoms with van der Waals surface area (Å²) in [5.41, 5.74) is 2.25. The number of benzene rings is 2. The summed E-state index contributed by atoms with van der Waals surface area (Å²) in [6.07, 6.45) is -0.419. The molecule has 2 aromatic carbocycles. The van der Waals surface area contributed by atoms with Crippen LogP contribution >= 0.6 is 0 Å². The SMILES string of the molecule is CC(C)(C)c1ccc(NS(=O)(=O)c2ccc(N3CCOC3=O)cc2)cc1. The lowest BCUT2D eigenvalue weighted by Crippen LogP contribution is -2.23. The van der Waals surface area contributed by atoms with Crippen molar-refractivity contribution in [1.29, 1.82) is 0 Å². The molecule has 0 aromatic heterocycles. The zero-order valence-corrected chi connectivity index (χ0v) is 15.8. The highest BCUT2D eigenvalue weighted by atomic mass is 32.2. The third-order valence-corrected chi connectivity index (χ3v) is 5.62. The van der Waals surface area contributed by atoms with Gasteiger partial charge in [0.2, 0.25) is 0 Å². The second kappa shape index (κ2) is 6.64. The molecule has 138 valence electrons. The highest BCUT2D eigenvalue weighted by Crippen LogP contribution is 2.25. The molecule has 1 heterocycles. The molecule has 1 aliphatic rings. The maximum atomic E-state index is 12.6. The fourth-order valence-corrected chi connectivity index (χ4v) is 3.74. The minimum Gasteiger partial charge on any atom is -0.447 e. The van der Waals surface area contributed by atoms with E-state index in [1.165, 1.54) is 17.0 Å². The Hall–Kier alpha value is -2.54. The lowest BCUT2D eigenvalue weighted by atomic mass is 9.87. The van der Waals surface area contributed by atoms with Gasteiger partial charge in [-0.25, -0.2) is 13.2 Å². The van der Waals surface area contributed by atoms with Crippen molar-refractivity contribution in [2.24, 2.45) is 0 Å². The van der Waals surface area contributed by atoms with E-state index in [0.717, 1.165) is 5.56 Å². The van der Waals surface area contributed by atoms with Crippen molar-refractivity contribution in [2.45, 2.75) is 31.1 Å². The minimum absolute atomic E-state index is 0.00393. The van der Waals surface area contributed by atoms with Crippen molar-refractivity contribution in [3.8, 4) is 0 Å². The molecule has 0 radical (unpaired) electrons. The smallest absolute Gasteiger partial charge is 0.414 e. The summed E-state index contributed by atoms with van der Waals surface area (Å²) in [6.45, 7) is 7.10. The number of hydrogen-bond acceptors (Lipinski definition) is 4. The van der Waals surface area contributed by atoms with Gasteiger partial charge >= 0.3 is 6.09 Å². The normalized spacial score (nSPS) is 15.0. The molecule has 1 amide bonds. The van der Waals surface area contributed by atoms with E-state index in [1.54, 1.807) is 24.3 Å². The number of carbonyl (C=O) groups excluding carboxylic acids is 1. The van der Waals surface area contributed by atoms with Crippen LogP contribution in [0.5, 0.6) is 0 Å². The fraction of sp³-hybridized carbons (Fsp3) is 0.316. The molecule has 0 unspecified atom stereocenters. The minimum atomic E-state index is -3.70. The fourth-order valence-electron chi connectivity index (χ4n) is 2.69. The first-order chi connectivity index (χ1) is 12.2. The molecule has 1 N–H and O–H groups in total. The maximum Gasteiger partial charge on any atom is 0.414 e.